The molecule has 0 aliphatic carbocycles. The second-order valence-electron chi connectivity index (χ2n) is 4.81. The minimum atomic E-state index is -0.782. The summed E-state index contributed by atoms with van der Waals surface area (Å²) in [5, 5.41) is 8.56. The van der Waals surface area contributed by atoms with E-state index < -0.39 is 5.97 Å². The lowest BCUT2D eigenvalue weighted by atomic mass is 10.1. The Balaban J connectivity index is 2.47. The minimum absolute atomic E-state index is 0.149. The van der Waals surface area contributed by atoms with E-state index in [0.717, 1.165) is 11.3 Å². The molecule has 0 aliphatic heterocycles. The number of aryl methyl sites for hydroxylation is 1. The van der Waals surface area contributed by atoms with Crippen LogP contribution in [0.2, 0.25) is 0 Å². The molecule has 1 aromatic carbocycles. The lowest BCUT2D eigenvalue weighted by Crippen LogP contribution is -2.38. The van der Waals surface area contributed by atoms with Crippen molar-refractivity contribution in [2.24, 2.45) is 5.73 Å². The van der Waals surface area contributed by atoms with Gasteiger partial charge in [0.2, 0.25) is 0 Å². The van der Waals surface area contributed by atoms with Crippen molar-refractivity contribution in [1.82, 2.24) is 0 Å². The molecule has 0 aliphatic rings. The summed E-state index contributed by atoms with van der Waals surface area (Å²) in [5.41, 5.74) is 6.44. The summed E-state index contributed by atoms with van der Waals surface area (Å²) in [6, 6.07) is 7.43. The molecular formula is C13H19NO3. The Morgan fingerprint density at radius 2 is 1.94 bits per heavy atom. The Hall–Kier alpha value is -1.55. The number of aliphatic carboxylic acids is 1. The average Bonchev–Trinajstić information content (AvgIpc) is 2.24. The number of ether oxygens (including phenoxy) is 1. The molecule has 17 heavy (non-hydrogen) atoms. The maximum Gasteiger partial charge on any atom is 0.303 e. The van der Waals surface area contributed by atoms with E-state index in [2.05, 4.69) is 0 Å². The molecule has 0 unspecified atom stereocenters. The molecule has 0 radical (unpaired) electrons. The highest BCUT2D eigenvalue weighted by atomic mass is 16.5. The smallest absolute Gasteiger partial charge is 0.303 e. The van der Waals surface area contributed by atoms with Crippen molar-refractivity contribution in [3.05, 3.63) is 29.8 Å². The maximum absolute atomic E-state index is 10.4. The summed E-state index contributed by atoms with van der Waals surface area (Å²) < 4.78 is 5.51. The van der Waals surface area contributed by atoms with Gasteiger partial charge in [0.15, 0.2) is 0 Å². The third-order valence-corrected chi connectivity index (χ3v) is 2.16. The first-order chi connectivity index (χ1) is 7.87. The van der Waals surface area contributed by atoms with Crippen molar-refractivity contribution in [2.75, 3.05) is 6.61 Å². The fourth-order valence-corrected chi connectivity index (χ4v) is 1.27. The monoisotopic (exact) mass is 237 g/mol. The van der Waals surface area contributed by atoms with Crippen LogP contribution >= 0.6 is 0 Å². The zero-order chi connectivity index (χ0) is 12.9. The summed E-state index contributed by atoms with van der Waals surface area (Å²) in [7, 11) is 0. The third-order valence-electron chi connectivity index (χ3n) is 2.16. The molecule has 1 rings (SSSR count). The summed E-state index contributed by atoms with van der Waals surface area (Å²) in [4.78, 5) is 10.4. The number of hydrogen-bond acceptors (Lipinski definition) is 3. The largest absolute Gasteiger partial charge is 0.492 e. The first-order valence-corrected chi connectivity index (χ1v) is 5.59. The van der Waals surface area contributed by atoms with Crippen molar-refractivity contribution >= 4 is 5.97 Å². The van der Waals surface area contributed by atoms with Crippen LogP contribution in [0.1, 0.15) is 25.8 Å². The van der Waals surface area contributed by atoms with E-state index in [0.29, 0.717) is 13.0 Å². The first-order valence-electron chi connectivity index (χ1n) is 5.59. The van der Waals surface area contributed by atoms with Gasteiger partial charge >= 0.3 is 5.97 Å². The molecule has 0 atom stereocenters. The Bertz CT molecular complexity index is 365. The first kappa shape index (κ1) is 13.5. The molecule has 0 amide bonds. The Kier molecular flexibility index (Phi) is 4.52. The van der Waals surface area contributed by atoms with Crippen LogP contribution in [0.3, 0.4) is 0 Å². The molecule has 94 valence electrons. The molecule has 0 spiro atoms. The molecule has 0 bridgehead atoms. The standard InChI is InChI=1S/C13H19NO3/c1-13(2,14)9-17-11-6-3-10(4-7-11)5-8-12(15)16/h3-4,6-7H,5,8-9,14H2,1-2H3,(H,15,16). The van der Waals surface area contributed by atoms with Crippen molar-refractivity contribution in [3.8, 4) is 5.75 Å². The maximum atomic E-state index is 10.4. The number of nitrogens with two attached hydrogens (primary N) is 1. The number of carboxylic acid groups (broad SMARTS) is 1. The fourth-order valence-electron chi connectivity index (χ4n) is 1.27. The second-order valence-corrected chi connectivity index (χ2v) is 4.81. The summed E-state index contributed by atoms with van der Waals surface area (Å²) in [6.07, 6.45) is 0.689. The molecule has 4 nitrogen and oxygen atoms in total. The third kappa shape index (κ3) is 5.92. The normalized spacial score (nSPS) is 11.2. The lowest BCUT2D eigenvalue weighted by molar-refractivity contribution is -0.136. The fraction of sp³-hybridized carbons (Fsp3) is 0.462. The highest BCUT2D eigenvalue weighted by molar-refractivity contribution is 5.67. The van der Waals surface area contributed by atoms with Crippen LogP contribution in [-0.4, -0.2) is 23.2 Å². The van der Waals surface area contributed by atoms with Gasteiger partial charge in [0.05, 0.1) is 0 Å². The van der Waals surface area contributed by atoms with E-state index in [4.69, 9.17) is 15.6 Å². The second kappa shape index (κ2) is 5.68. The van der Waals surface area contributed by atoms with Crippen LogP contribution in [0.25, 0.3) is 0 Å². The van der Waals surface area contributed by atoms with Crippen LogP contribution in [0.15, 0.2) is 24.3 Å². The van der Waals surface area contributed by atoms with Crippen molar-refractivity contribution in [3.63, 3.8) is 0 Å². The van der Waals surface area contributed by atoms with E-state index in [9.17, 15) is 4.79 Å². The molecule has 0 heterocycles. The molecule has 0 fully saturated rings. The van der Waals surface area contributed by atoms with Crippen LogP contribution in [-0.2, 0) is 11.2 Å². The summed E-state index contributed by atoms with van der Waals surface area (Å²) in [5.74, 6) is -0.0298. The van der Waals surface area contributed by atoms with Gasteiger partial charge in [-0.25, -0.2) is 0 Å². The predicted molar refractivity (Wildman–Crippen MR) is 66.2 cm³/mol. The van der Waals surface area contributed by atoms with Gasteiger partial charge in [-0.15, -0.1) is 0 Å². The van der Waals surface area contributed by atoms with Gasteiger partial charge in [0, 0.05) is 12.0 Å². The zero-order valence-electron chi connectivity index (χ0n) is 10.3. The number of hydrogen-bond donors (Lipinski definition) is 2. The SMILES string of the molecule is CC(C)(N)COc1ccc(CCC(=O)O)cc1. The van der Waals surface area contributed by atoms with Crippen molar-refractivity contribution in [2.45, 2.75) is 32.2 Å². The highest BCUT2D eigenvalue weighted by Crippen LogP contribution is 2.14. The average molecular weight is 237 g/mol. The molecule has 1 aromatic rings. The predicted octanol–water partition coefficient (Wildman–Crippen LogP) is 1.82. The number of benzene rings is 1. The van der Waals surface area contributed by atoms with Gasteiger partial charge in [-0.2, -0.15) is 0 Å². The van der Waals surface area contributed by atoms with Crippen LogP contribution in [0.4, 0.5) is 0 Å². The number of carboxylic acids is 1. The zero-order valence-corrected chi connectivity index (χ0v) is 10.3. The quantitative estimate of drug-likeness (QED) is 0.791. The van der Waals surface area contributed by atoms with E-state index in [1.54, 1.807) is 0 Å². The van der Waals surface area contributed by atoms with E-state index in [-0.39, 0.29) is 12.0 Å². The molecule has 3 N–H and O–H groups in total. The lowest BCUT2D eigenvalue weighted by Gasteiger charge is -2.19. The number of rotatable bonds is 6. The highest BCUT2D eigenvalue weighted by Gasteiger charge is 2.11. The molecule has 4 heteroatoms. The van der Waals surface area contributed by atoms with Crippen molar-refractivity contribution < 1.29 is 14.6 Å². The van der Waals surface area contributed by atoms with E-state index >= 15 is 0 Å². The minimum Gasteiger partial charge on any atom is -0.492 e. The molecular weight excluding hydrogens is 218 g/mol. The van der Waals surface area contributed by atoms with Crippen LogP contribution in [0, 0.1) is 0 Å². The Morgan fingerprint density at radius 1 is 1.35 bits per heavy atom. The van der Waals surface area contributed by atoms with Gasteiger partial charge in [-0.3, -0.25) is 4.79 Å². The summed E-state index contributed by atoms with van der Waals surface area (Å²) in [6.45, 7) is 4.24. The molecule has 0 aromatic heterocycles. The van der Waals surface area contributed by atoms with Gasteiger partial charge in [0.1, 0.15) is 12.4 Å². The molecule has 0 saturated heterocycles. The van der Waals surface area contributed by atoms with Gasteiger partial charge < -0.3 is 15.6 Å². The topological polar surface area (TPSA) is 72.5 Å². The Labute approximate surface area is 101 Å². The van der Waals surface area contributed by atoms with Crippen LogP contribution in [0.5, 0.6) is 5.75 Å². The summed E-state index contributed by atoms with van der Waals surface area (Å²) >= 11 is 0. The number of carbonyl (C=O) groups is 1. The van der Waals surface area contributed by atoms with E-state index in [1.165, 1.54) is 0 Å². The van der Waals surface area contributed by atoms with Gasteiger partial charge in [-0.05, 0) is 38.0 Å². The van der Waals surface area contributed by atoms with E-state index in [1.807, 2.05) is 38.1 Å². The molecule has 0 saturated carbocycles. The van der Waals surface area contributed by atoms with Gasteiger partial charge in [-0.1, -0.05) is 12.1 Å². The van der Waals surface area contributed by atoms with Crippen molar-refractivity contribution in [1.29, 1.82) is 0 Å². The van der Waals surface area contributed by atoms with Gasteiger partial charge in [0.25, 0.3) is 0 Å². The Morgan fingerprint density at radius 3 is 2.41 bits per heavy atom. The van der Waals surface area contributed by atoms with Crippen LogP contribution < -0.4 is 10.5 Å².